The second-order valence-electron chi connectivity index (χ2n) is 27.6. The number of rotatable bonds is 13. The van der Waals surface area contributed by atoms with Crippen molar-refractivity contribution in [1.29, 1.82) is 0 Å². The molecule has 0 aromatic heterocycles. The van der Waals surface area contributed by atoms with E-state index in [-0.39, 0.29) is 56.0 Å². The van der Waals surface area contributed by atoms with Gasteiger partial charge in [0.15, 0.2) is 0 Å². The average molecular weight is 1500 g/mol. The standard InChI is InChI=1S/C70H100F3IN12O13/c1-17-23-49-63(93)84(16)69(9,10)68(98)77-51(34-41(3)4)62(92)82(14)55(66(96)85-31-20-19-21-32-85)39-57(88)81(13)53(35-42(5)6)60(90)78-58(43(7)18-2)67(97)80(12)44(8)61(91)86-33-30-52(86)65(95)83(15)54(38-45-26-28-48(29-27-45)99-70(71,72)73)64(94)79(11)40-56(87)75-50(59(89)76-49)37-46-24-22-25-47(74)36-46/h1,22,24-29,36,41-44,49-55,58H,18-21,23,30-35,37-40H2,2-16H3,(H,75,87)(H,76,89)(H,77,98)(H,78,90)/t43-,44-,49-,50-,51-,52-,53-,54-,55-,58-/m0/s1. The van der Waals surface area contributed by atoms with Crippen molar-refractivity contribution < 1.29 is 75.4 Å². The maximum Gasteiger partial charge on any atom is 0.573 e. The number of piperidine rings is 1. The lowest BCUT2D eigenvalue weighted by Gasteiger charge is -2.45. The van der Waals surface area contributed by atoms with Gasteiger partial charge in [0.2, 0.25) is 70.9 Å². The summed E-state index contributed by atoms with van der Waals surface area (Å²) in [7, 11) is 7.99. The predicted molar refractivity (Wildman–Crippen MR) is 371 cm³/mol. The van der Waals surface area contributed by atoms with Crippen LogP contribution in [0.4, 0.5) is 13.2 Å². The van der Waals surface area contributed by atoms with Crippen molar-refractivity contribution in [2.45, 2.75) is 199 Å². The minimum Gasteiger partial charge on any atom is -0.406 e. The van der Waals surface area contributed by atoms with Gasteiger partial charge >= 0.3 is 6.36 Å². The molecule has 0 bridgehead atoms. The molecule has 12 amide bonds. The highest BCUT2D eigenvalue weighted by molar-refractivity contribution is 14.1. The van der Waals surface area contributed by atoms with Crippen molar-refractivity contribution in [3.63, 3.8) is 0 Å². The highest BCUT2D eigenvalue weighted by Gasteiger charge is 2.47. The van der Waals surface area contributed by atoms with Crippen molar-refractivity contribution in [2.24, 2.45) is 17.8 Å². The highest BCUT2D eigenvalue weighted by Crippen LogP contribution is 2.28. The Hall–Kier alpha value is -8.04. The van der Waals surface area contributed by atoms with E-state index in [1.807, 2.05) is 27.7 Å². The number of alkyl halides is 3. The molecule has 0 saturated carbocycles. The van der Waals surface area contributed by atoms with Crippen molar-refractivity contribution in [3.8, 4) is 18.1 Å². The predicted octanol–water partition coefficient (Wildman–Crippen LogP) is 4.12. The number of halogens is 4. The molecule has 99 heavy (non-hydrogen) atoms. The monoisotopic (exact) mass is 1500 g/mol. The van der Waals surface area contributed by atoms with E-state index in [0.717, 1.165) is 46.6 Å². The molecule has 25 nitrogen and oxygen atoms in total. The lowest BCUT2D eigenvalue weighted by atomic mass is 9.94. The quantitative estimate of drug-likeness (QED) is 0.162. The fraction of sp³-hybridized carbons (Fsp3) is 0.629. The van der Waals surface area contributed by atoms with E-state index in [1.165, 1.54) is 85.0 Å². The Morgan fingerprint density at radius 3 is 1.86 bits per heavy atom. The molecule has 546 valence electrons. The molecule has 29 heteroatoms. The molecule has 3 aliphatic rings. The molecule has 2 aromatic carbocycles. The second kappa shape index (κ2) is 35.8. The fourth-order valence-electron chi connectivity index (χ4n) is 12.1. The van der Waals surface area contributed by atoms with Crippen molar-refractivity contribution in [2.75, 3.05) is 68.5 Å². The van der Waals surface area contributed by atoms with E-state index >= 15 is 4.79 Å². The Morgan fingerprint density at radius 1 is 0.677 bits per heavy atom. The van der Waals surface area contributed by atoms with Gasteiger partial charge < -0.3 is 65.2 Å². The van der Waals surface area contributed by atoms with Crippen LogP contribution in [0, 0.1) is 33.7 Å². The van der Waals surface area contributed by atoms with Crippen LogP contribution in [0.15, 0.2) is 48.5 Å². The molecule has 4 N–H and O–H groups in total. The number of ether oxygens (including phenoxy) is 1. The largest absolute Gasteiger partial charge is 0.573 e. The zero-order chi connectivity index (χ0) is 74.3. The summed E-state index contributed by atoms with van der Waals surface area (Å²) in [5.41, 5.74) is -0.982. The molecular formula is C70H100F3IN12O13. The number of hydrogen-bond acceptors (Lipinski definition) is 13. The molecule has 3 fully saturated rings. The Kier molecular flexibility index (Phi) is 29.5. The third-order valence-corrected chi connectivity index (χ3v) is 19.7. The van der Waals surface area contributed by atoms with E-state index in [9.17, 15) is 65.9 Å². The molecule has 0 unspecified atom stereocenters. The first-order valence-electron chi connectivity index (χ1n) is 33.7. The molecule has 0 aliphatic carbocycles. The van der Waals surface area contributed by atoms with Gasteiger partial charge in [0.25, 0.3) is 0 Å². The number of fused-ring (bicyclic) bond motifs is 1. The number of likely N-dealkylation sites (tertiary alicyclic amines) is 1. The van der Waals surface area contributed by atoms with Crippen molar-refractivity contribution in [3.05, 3.63) is 63.2 Å². The lowest BCUT2D eigenvalue weighted by Crippen LogP contribution is -2.65. The van der Waals surface area contributed by atoms with Crippen LogP contribution in [0.5, 0.6) is 5.75 Å². The molecule has 3 heterocycles. The Bertz CT molecular complexity index is 3310. The van der Waals surface area contributed by atoms with Crippen LogP contribution in [-0.4, -0.2) is 245 Å². The zero-order valence-corrected chi connectivity index (χ0v) is 61.8. The van der Waals surface area contributed by atoms with Gasteiger partial charge in [-0.1, -0.05) is 72.2 Å². The van der Waals surface area contributed by atoms with Crippen molar-refractivity contribution >= 4 is 93.5 Å². The SMILES string of the molecule is C#CC[C@@H]1NC(=O)[C@H](Cc2cccc(I)c2)NC(=O)CN(C)C(=O)[C@H](Cc2ccc(OC(F)(F)F)cc2)N(C)C(=O)[C@@H]2CCN2C(=O)[C@H](C)N(C)C(=O)[C@H]([C@@H](C)CC)NC(=O)[C@H](CC(C)C)N(C)C(=O)C[C@@H](C(=O)N2CCCCC2)N(C)C(=O)[C@H](CC(C)C)NC(=O)C(C)(C)N(C)C1=O. The van der Waals surface area contributed by atoms with Crippen LogP contribution < -0.4 is 26.0 Å². The normalized spacial score (nSPS) is 25.3. The topological polar surface area (TPSA) is 288 Å². The summed E-state index contributed by atoms with van der Waals surface area (Å²) in [4.78, 5) is 187. The highest BCUT2D eigenvalue weighted by atomic mass is 127. The summed E-state index contributed by atoms with van der Waals surface area (Å²) in [5.74, 6) is -8.28. The van der Waals surface area contributed by atoms with Crippen LogP contribution in [-0.2, 0) is 70.4 Å². The molecular weight excluding hydrogens is 1400 g/mol. The summed E-state index contributed by atoms with van der Waals surface area (Å²) in [5, 5.41) is 11.0. The fourth-order valence-corrected chi connectivity index (χ4v) is 12.8. The number of terminal acetylenes is 1. The minimum absolute atomic E-state index is 0.0287. The molecule has 10 atom stereocenters. The number of hydrogen-bond donors (Lipinski definition) is 4. The van der Waals surface area contributed by atoms with Crippen LogP contribution in [0.1, 0.15) is 131 Å². The van der Waals surface area contributed by atoms with E-state index in [4.69, 9.17) is 6.42 Å². The summed E-state index contributed by atoms with van der Waals surface area (Å²) < 4.78 is 44.6. The number of carbonyl (C=O) groups excluding carboxylic acids is 12. The van der Waals surface area contributed by atoms with Crippen LogP contribution in [0.3, 0.4) is 0 Å². The number of nitrogens with zero attached hydrogens (tertiary/aromatic N) is 8. The van der Waals surface area contributed by atoms with E-state index in [1.54, 1.807) is 43.0 Å². The van der Waals surface area contributed by atoms with Gasteiger partial charge in [-0.2, -0.15) is 0 Å². The zero-order valence-electron chi connectivity index (χ0n) is 59.6. The summed E-state index contributed by atoms with van der Waals surface area (Å²) in [6.07, 6.45) is 2.05. The van der Waals surface area contributed by atoms with Gasteiger partial charge in [-0.15, -0.1) is 25.5 Å². The Labute approximate surface area is 593 Å². The first kappa shape index (κ1) is 81.6. The number of carbonyl (C=O) groups is 12. The first-order valence-corrected chi connectivity index (χ1v) is 34.7. The molecule has 0 spiro atoms. The van der Waals surface area contributed by atoms with Gasteiger partial charge in [-0.05, 0) is 135 Å². The average Bonchev–Trinajstić information content (AvgIpc) is 0.780. The lowest BCUT2D eigenvalue weighted by molar-refractivity contribution is -0.274. The summed E-state index contributed by atoms with van der Waals surface area (Å²) in [6.45, 7) is 15.1. The van der Waals surface area contributed by atoms with Gasteiger partial charge in [0, 0.05) is 84.8 Å². The van der Waals surface area contributed by atoms with E-state index in [2.05, 4.69) is 54.5 Å². The minimum atomic E-state index is -5.02. The molecule has 3 saturated heterocycles. The number of benzene rings is 2. The van der Waals surface area contributed by atoms with Crippen LogP contribution in [0.25, 0.3) is 0 Å². The third kappa shape index (κ3) is 21.7. The van der Waals surface area contributed by atoms with E-state index < -0.39 is 168 Å². The number of nitrogens with one attached hydrogen (secondary N) is 4. The molecule has 5 rings (SSSR count). The summed E-state index contributed by atoms with van der Waals surface area (Å²) in [6, 6.07) is -0.678. The van der Waals surface area contributed by atoms with Gasteiger partial charge in [-0.3, -0.25) is 57.5 Å². The molecule has 2 aromatic rings. The summed E-state index contributed by atoms with van der Waals surface area (Å²) >= 11 is 2.07. The third-order valence-electron chi connectivity index (χ3n) is 19.0. The smallest absolute Gasteiger partial charge is 0.406 e. The van der Waals surface area contributed by atoms with Gasteiger partial charge in [-0.25, -0.2) is 0 Å². The van der Waals surface area contributed by atoms with Crippen LogP contribution >= 0.6 is 22.6 Å². The first-order chi connectivity index (χ1) is 46.2. The maximum absolute atomic E-state index is 15.1. The van der Waals surface area contributed by atoms with Gasteiger partial charge in [0.05, 0.1) is 13.0 Å². The maximum atomic E-state index is 15.1. The Balaban J connectivity index is 1.64. The Morgan fingerprint density at radius 2 is 1.30 bits per heavy atom. The van der Waals surface area contributed by atoms with Crippen LogP contribution in [0.2, 0.25) is 0 Å². The van der Waals surface area contributed by atoms with Gasteiger partial charge in [0.1, 0.15) is 65.7 Å². The number of amides is 12. The molecule has 3 aliphatic heterocycles. The van der Waals surface area contributed by atoms with E-state index in [0.29, 0.717) is 37.9 Å². The molecule has 0 radical (unpaired) electrons. The second-order valence-corrected chi connectivity index (χ2v) is 28.9. The number of likely N-dealkylation sites (N-methyl/N-ethyl adjacent to an activating group) is 6. The van der Waals surface area contributed by atoms with Crippen molar-refractivity contribution in [1.82, 2.24) is 60.5 Å².